The van der Waals surface area contributed by atoms with Gasteiger partial charge in [0.25, 0.3) is 0 Å². The summed E-state index contributed by atoms with van der Waals surface area (Å²) in [6.45, 7) is 26.1. The van der Waals surface area contributed by atoms with Gasteiger partial charge in [-0.15, -0.1) is 0 Å². The lowest BCUT2D eigenvalue weighted by Crippen LogP contribution is -2.11. The molecule has 0 N–H and O–H groups in total. The molecule has 4 heterocycles. The molecule has 0 radical (unpaired) electrons. The number of rotatable bonds is 6. The fraction of sp³-hybridized carbons (Fsp3) is 0.137. The summed E-state index contributed by atoms with van der Waals surface area (Å²) in [6.07, 6.45) is 0. The highest BCUT2D eigenvalue weighted by atomic mass is 16.3. The number of hydrogen-bond donors (Lipinski definition) is 0. The Kier molecular flexibility index (Phi) is 10.1. The molecular formula is C73H55N3O4. The van der Waals surface area contributed by atoms with E-state index >= 15 is 0 Å². The van der Waals surface area contributed by atoms with Crippen LogP contribution in [-0.4, -0.2) is 0 Å². The van der Waals surface area contributed by atoms with Crippen molar-refractivity contribution in [3.05, 3.63) is 222 Å². The zero-order valence-electron chi connectivity index (χ0n) is 45.9. The van der Waals surface area contributed by atoms with Crippen LogP contribution in [0, 0.1) is 20.4 Å². The van der Waals surface area contributed by atoms with Gasteiger partial charge < -0.3 is 27.5 Å². The van der Waals surface area contributed by atoms with Crippen LogP contribution < -0.4 is 9.80 Å². The van der Waals surface area contributed by atoms with Gasteiger partial charge in [0.2, 0.25) is 5.69 Å². The average molecular weight is 1040 g/mol. The van der Waals surface area contributed by atoms with Gasteiger partial charge in [0, 0.05) is 77.0 Å². The fourth-order valence-electron chi connectivity index (χ4n) is 12.6. The van der Waals surface area contributed by atoms with Crippen molar-refractivity contribution >= 4 is 149 Å². The van der Waals surface area contributed by atoms with Crippen LogP contribution in [-0.2, 0) is 10.8 Å². The zero-order chi connectivity index (χ0) is 54.5. The SMILES string of the molecule is [C-]#[N+]c1cc2oc3cc4cc(N(c5ccccc5C)c5cccc6c5oc5c(C(C)(C)C)cccc56)ccc4cc3c2c2c1oc1cc3cc(N(c4ccccc4C)c4cccc5c4oc4c(C(C)(C)C)cccc45)ccc3cc12. The smallest absolute Gasteiger partial charge is 0.233 e. The molecular weight excluding hydrogens is 983 g/mol. The number of aryl methyl sites for hydroxylation is 2. The van der Waals surface area contributed by atoms with Gasteiger partial charge in [0.05, 0.1) is 17.9 Å². The molecule has 7 heteroatoms. The lowest BCUT2D eigenvalue weighted by molar-refractivity contribution is 0.572. The van der Waals surface area contributed by atoms with Crippen LogP contribution in [0.2, 0.25) is 0 Å². The van der Waals surface area contributed by atoms with Crippen molar-refractivity contribution in [2.75, 3.05) is 9.80 Å². The van der Waals surface area contributed by atoms with E-state index in [1.807, 2.05) is 6.07 Å². The topological polar surface area (TPSA) is 63.4 Å². The monoisotopic (exact) mass is 1040 g/mol. The number of anilines is 6. The minimum Gasteiger partial charge on any atom is -0.467 e. The summed E-state index contributed by atoms with van der Waals surface area (Å²) < 4.78 is 27.6. The lowest BCUT2D eigenvalue weighted by Gasteiger charge is -2.27. The third-order valence-electron chi connectivity index (χ3n) is 16.5. The summed E-state index contributed by atoms with van der Waals surface area (Å²) in [5, 5.41) is 12.2. The Balaban J connectivity index is 0.883. The molecule has 0 amide bonds. The second-order valence-corrected chi connectivity index (χ2v) is 23.7. The van der Waals surface area contributed by atoms with Crippen LogP contribution in [0.5, 0.6) is 0 Å². The molecule has 0 fully saturated rings. The minimum atomic E-state index is -0.105. The maximum absolute atomic E-state index is 8.40. The van der Waals surface area contributed by atoms with Gasteiger partial charge in [-0.25, -0.2) is 4.85 Å². The third kappa shape index (κ3) is 7.11. The molecule has 0 atom stereocenters. The molecule has 0 saturated heterocycles. The molecule has 80 heavy (non-hydrogen) atoms. The average Bonchev–Trinajstić information content (AvgIpc) is 4.30. The highest BCUT2D eigenvalue weighted by molar-refractivity contribution is 6.30. The van der Waals surface area contributed by atoms with E-state index in [0.29, 0.717) is 22.4 Å². The van der Waals surface area contributed by atoms with E-state index in [0.717, 1.165) is 138 Å². The van der Waals surface area contributed by atoms with Crippen LogP contribution in [0.4, 0.5) is 39.8 Å². The summed E-state index contributed by atoms with van der Waals surface area (Å²) in [5.41, 5.74) is 17.0. The molecule has 7 nitrogen and oxygen atoms in total. The quantitative estimate of drug-likeness (QED) is 0.155. The van der Waals surface area contributed by atoms with E-state index in [2.05, 4.69) is 252 Å². The Bertz CT molecular complexity index is 5160. The molecule has 0 aliphatic rings. The van der Waals surface area contributed by atoms with Crippen molar-refractivity contribution in [1.82, 2.24) is 0 Å². The number of furan rings is 4. The number of nitrogens with zero attached hydrogens (tertiary/aromatic N) is 3. The van der Waals surface area contributed by atoms with Gasteiger partial charge in [-0.05, 0) is 136 Å². The maximum atomic E-state index is 8.40. The first-order valence-electron chi connectivity index (χ1n) is 27.4. The lowest BCUT2D eigenvalue weighted by atomic mass is 9.86. The van der Waals surface area contributed by atoms with Crippen LogP contribution in [0.3, 0.4) is 0 Å². The molecule has 0 spiro atoms. The molecule has 4 aromatic heterocycles. The van der Waals surface area contributed by atoms with E-state index in [9.17, 15) is 0 Å². The molecule has 386 valence electrons. The van der Waals surface area contributed by atoms with Crippen molar-refractivity contribution in [2.24, 2.45) is 0 Å². The van der Waals surface area contributed by atoms with E-state index in [-0.39, 0.29) is 10.8 Å². The second kappa shape index (κ2) is 17.1. The predicted octanol–water partition coefficient (Wildman–Crippen LogP) is 22.3. The third-order valence-corrected chi connectivity index (χ3v) is 16.5. The number of hydrogen-bond acceptors (Lipinski definition) is 6. The number of benzene rings is 11. The Morgan fingerprint density at radius 1 is 0.350 bits per heavy atom. The Labute approximate surface area is 462 Å². The first kappa shape index (κ1) is 47.4. The summed E-state index contributed by atoms with van der Waals surface area (Å²) in [4.78, 5) is 8.66. The van der Waals surface area contributed by atoms with Crippen molar-refractivity contribution < 1.29 is 17.7 Å². The van der Waals surface area contributed by atoms with Crippen molar-refractivity contribution in [3.8, 4) is 0 Å². The van der Waals surface area contributed by atoms with E-state index < -0.39 is 0 Å². The fourth-order valence-corrected chi connectivity index (χ4v) is 12.6. The summed E-state index contributed by atoms with van der Waals surface area (Å²) in [6, 6.07) is 66.7. The molecule has 0 unspecified atom stereocenters. The first-order valence-corrected chi connectivity index (χ1v) is 27.4. The summed E-state index contributed by atoms with van der Waals surface area (Å²) in [7, 11) is 0. The Morgan fingerprint density at radius 2 is 0.787 bits per heavy atom. The van der Waals surface area contributed by atoms with Crippen molar-refractivity contribution in [2.45, 2.75) is 66.2 Å². The van der Waals surface area contributed by atoms with Crippen LogP contribution in [0.1, 0.15) is 63.8 Å². The zero-order valence-corrected chi connectivity index (χ0v) is 45.9. The van der Waals surface area contributed by atoms with E-state index in [1.165, 1.54) is 11.1 Å². The Hall–Kier alpha value is -9.77. The van der Waals surface area contributed by atoms with Crippen LogP contribution in [0.15, 0.2) is 206 Å². The normalized spacial score (nSPS) is 12.5. The maximum Gasteiger partial charge on any atom is 0.233 e. The first-order chi connectivity index (χ1) is 38.7. The molecule has 15 rings (SSSR count). The highest BCUT2D eigenvalue weighted by Gasteiger charge is 2.28. The molecule has 0 bridgehead atoms. The van der Waals surface area contributed by atoms with Gasteiger partial charge >= 0.3 is 0 Å². The standard InChI is InChI=1S/C73H55N3O4/c1-41-18-10-12-26-58(41)75(60-28-16-22-51-49-20-14-24-55(72(3,4)5)67(49)79-69(51)60)47-32-30-43-36-53-62(38-45(43)34-47)77-64-40-57(74-9)71-66(65(53)64)54-37-44-31-33-48(35-46(44)39-63(54)78-71)76(59-27-13-11-19-42(59)2)61-29-17-23-52-50-21-15-25-56(73(6,7)8)68(50)80-70(52)61/h10-40H,1-8H3. The predicted molar refractivity (Wildman–Crippen MR) is 333 cm³/mol. The second-order valence-electron chi connectivity index (χ2n) is 23.7. The summed E-state index contributed by atoms with van der Waals surface area (Å²) in [5.74, 6) is 0. The van der Waals surface area contributed by atoms with Crippen LogP contribution >= 0.6 is 0 Å². The number of para-hydroxylation sites is 6. The molecule has 0 aliphatic carbocycles. The van der Waals surface area contributed by atoms with Gasteiger partial charge in [-0.2, -0.15) is 0 Å². The summed E-state index contributed by atoms with van der Waals surface area (Å²) >= 11 is 0. The highest BCUT2D eigenvalue weighted by Crippen LogP contribution is 2.50. The molecule has 0 aliphatic heterocycles. The van der Waals surface area contributed by atoms with Gasteiger partial charge in [0.1, 0.15) is 33.5 Å². The van der Waals surface area contributed by atoms with Gasteiger partial charge in [-0.1, -0.05) is 151 Å². The van der Waals surface area contributed by atoms with Crippen LogP contribution in [0.25, 0.3) is 114 Å². The molecule has 11 aromatic carbocycles. The minimum absolute atomic E-state index is 0.103. The number of fused-ring (bicyclic) bond motifs is 15. The van der Waals surface area contributed by atoms with E-state index in [4.69, 9.17) is 24.2 Å². The van der Waals surface area contributed by atoms with E-state index in [1.54, 1.807) is 0 Å². The Morgan fingerprint density at radius 3 is 1.26 bits per heavy atom. The van der Waals surface area contributed by atoms with Crippen molar-refractivity contribution in [3.63, 3.8) is 0 Å². The molecule has 0 saturated carbocycles. The molecule has 15 aromatic rings. The van der Waals surface area contributed by atoms with Crippen molar-refractivity contribution in [1.29, 1.82) is 0 Å². The van der Waals surface area contributed by atoms with Gasteiger partial charge in [-0.3, -0.25) is 0 Å². The largest absolute Gasteiger partial charge is 0.467 e. The van der Waals surface area contributed by atoms with Gasteiger partial charge in [0.15, 0.2) is 11.2 Å².